The maximum Gasteiger partial charge on any atom is 0.174 e. The molecule has 3 aromatic rings. The Balaban J connectivity index is 1.83. The van der Waals surface area contributed by atoms with Crippen molar-refractivity contribution in [1.82, 2.24) is 15.4 Å². The zero-order valence-electron chi connectivity index (χ0n) is 9.61. The van der Waals surface area contributed by atoms with Gasteiger partial charge in [-0.25, -0.2) is 0 Å². The van der Waals surface area contributed by atoms with Crippen LogP contribution in [0.1, 0.15) is 11.5 Å². The van der Waals surface area contributed by atoms with E-state index in [1.54, 1.807) is 12.3 Å². The molecule has 0 radical (unpaired) electrons. The van der Waals surface area contributed by atoms with Crippen molar-refractivity contribution < 1.29 is 9.26 Å². The van der Waals surface area contributed by atoms with Crippen molar-refractivity contribution >= 4 is 22.5 Å². The summed E-state index contributed by atoms with van der Waals surface area (Å²) in [4.78, 5) is 0. The number of fused-ring (bicyclic) bond motifs is 1. The van der Waals surface area contributed by atoms with Gasteiger partial charge in [0, 0.05) is 17.5 Å². The van der Waals surface area contributed by atoms with E-state index in [1.807, 2.05) is 19.1 Å². The third-order valence-electron chi connectivity index (χ3n) is 2.54. The molecule has 0 bridgehead atoms. The summed E-state index contributed by atoms with van der Waals surface area (Å²) >= 11 is 6.12. The van der Waals surface area contributed by atoms with Crippen LogP contribution >= 0.6 is 11.6 Å². The van der Waals surface area contributed by atoms with Crippen molar-refractivity contribution in [2.75, 3.05) is 0 Å². The second kappa shape index (κ2) is 4.34. The zero-order valence-corrected chi connectivity index (χ0v) is 10.4. The smallest absolute Gasteiger partial charge is 0.174 e. The highest BCUT2D eigenvalue weighted by Crippen LogP contribution is 2.29. The van der Waals surface area contributed by atoms with E-state index in [1.165, 1.54) is 0 Å². The Hall–Kier alpha value is -2.01. The maximum atomic E-state index is 6.12. The van der Waals surface area contributed by atoms with Gasteiger partial charge < -0.3 is 9.26 Å². The van der Waals surface area contributed by atoms with Crippen LogP contribution in [0.25, 0.3) is 10.9 Å². The maximum absolute atomic E-state index is 6.12. The van der Waals surface area contributed by atoms with Crippen molar-refractivity contribution in [2.24, 2.45) is 0 Å². The summed E-state index contributed by atoms with van der Waals surface area (Å²) in [5.74, 6) is 1.25. The summed E-state index contributed by atoms with van der Waals surface area (Å²) < 4.78 is 10.7. The molecule has 2 aromatic heterocycles. The molecule has 1 N–H and O–H groups in total. The van der Waals surface area contributed by atoms with E-state index in [2.05, 4.69) is 15.4 Å². The first-order valence-electron chi connectivity index (χ1n) is 5.40. The highest BCUT2D eigenvalue weighted by atomic mass is 35.5. The number of aryl methyl sites for hydroxylation is 1. The molecule has 6 heteroatoms. The molecule has 0 amide bonds. The van der Waals surface area contributed by atoms with E-state index in [9.17, 15) is 0 Å². The van der Waals surface area contributed by atoms with Gasteiger partial charge in [0.05, 0.1) is 22.4 Å². The molecule has 0 saturated carbocycles. The summed E-state index contributed by atoms with van der Waals surface area (Å²) in [6.45, 7) is 2.15. The molecule has 5 nitrogen and oxygen atoms in total. The molecule has 2 heterocycles. The van der Waals surface area contributed by atoms with Crippen LogP contribution in [-0.4, -0.2) is 15.4 Å². The molecule has 0 aliphatic rings. The number of nitrogens with one attached hydrogen (secondary N) is 1. The number of hydrogen-bond acceptors (Lipinski definition) is 4. The molecule has 0 aliphatic carbocycles. The van der Waals surface area contributed by atoms with Crippen molar-refractivity contribution in [3.63, 3.8) is 0 Å². The van der Waals surface area contributed by atoms with E-state index < -0.39 is 0 Å². The topological polar surface area (TPSA) is 63.9 Å². The van der Waals surface area contributed by atoms with Crippen LogP contribution in [0.15, 0.2) is 28.9 Å². The largest absolute Gasteiger partial charge is 0.484 e. The van der Waals surface area contributed by atoms with Gasteiger partial charge in [-0.3, -0.25) is 5.10 Å². The molecule has 0 aliphatic heterocycles. The molecule has 92 valence electrons. The summed E-state index contributed by atoms with van der Waals surface area (Å²) in [5, 5.41) is 12.1. The number of aromatic nitrogens is 3. The van der Waals surface area contributed by atoms with Crippen LogP contribution in [0.5, 0.6) is 5.75 Å². The number of H-pyrrole nitrogens is 1. The molecular formula is C12H10ClN3O2. The lowest BCUT2D eigenvalue weighted by Gasteiger charge is -2.05. The average molecular weight is 264 g/mol. The lowest BCUT2D eigenvalue weighted by Crippen LogP contribution is -1.94. The molecule has 0 saturated heterocycles. The standard InChI is InChI=1S/C12H10ClN3O2/c1-7-2-9(18-16-7)6-17-12-4-11-8(3-10(12)13)5-14-15-11/h2-5H,6H2,1H3,(H,14,15). The summed E-state index contributed by atoms with van der Waals surface area (Å²) in [5.41, 5.74) is 1.70. The van der Waals surface area contributed by atoms with Gasteiger partial charge in [0.15, 0.2) is 5.76 Å². The summed E-state index contributed by atoms with van der Waals surface area (Å²) in [6, 6.07) is 5.44. The third-order valence-corrected chi connectivity index (χ3v) is 2.83. The van der Waals surface area contributed by atoms with Gasteiger partial charge in [-0.1, -0.05) is 16.8 Å². The molecule has 1 aromatic carbocycles. The first kappa shape index (κ1) is 11.1. The predicted molar refractivity (Wildman–Crippen MR) is 66.7 cm³/mol. The van der Waals surface area contributed by atoms with Crippen molar-refractivity contribution in [3.05, 3.63) is 40.9 Å². The minimum atomic E-state index is 0.292. The van der Waals surface area contributed by atoms with Crippen LogP contribution in [-0.2, 0) is 6.61 Å². The molecule has 0 spiro atoms. The number of ether oxygens (including phenoxy) is 1. The number of halogens is 1. The van der Waals surface area contributed by atoms with E-state index in [4.69, 9.17) is 20.9 Å². The number of hydrogen-bond donors (Lipinski definition) is 1. The zero-order chi connectivity index (χ0) is 12.5. The Labute approximate surface area is 108 Å². The second-order valence-electron chi connectivity index (χ2n) is 3.96. The lowest BCUT2D eigenvalue weighted by atomic mass is 10.2. The van der Waals surface area contributed by atoms with Crippen LogP contribution in [0, 0.1) is 6.92 Å². The number of benzene rings is 1. The fourth-order valence-electron chi connectivity index (χ4n) is 1.69. The van der Waals surface area contributed by atoms with Crippen LogP contribution in [0.3, 0.4) is 0 Å². The fourth-order valence-corrected chi connectivity index (χ4v) is 1.91. The Bertz CT molecular complexity index is 690. The summed E-state index contributed by atoms with van der Waals surface area (Å²) in [6.07, 6.45) is 1.71. The Morgan fingerprint density at radius 1 is 1.39 bits per heavy atom. The minimum Gasteiger partial charge on any atom is -0.484 e. The van der Waals surface area contributed by atoms with Gasteiger partial charge in [0.25, 0.3) is 0 Å². The van der Waals surface area contributed by atoms with Gasteiger partial charge in [-0.15, -0.1) is 0 Å². The number of rotatable bonds is 3. The molecule has 18 heavy (non-hydrogen) atoms. The molecule has 0 fully saturated rings. The number of nitrogens with zero attached hydrogens (tertiary/aromatic N) is 2. The number of aromatic amines is 1. The Morgan fingerprint density at radius 3 is 3.06 bits per heavy atom. The first-order chi connectivity index (χ1) is 8.72. The summed E-state index contributed by atoms with van der Waals surface area (Å²) in [7, 11) is 0. The monoisotopic (exact) mass is 263 g/mol. The highest BCUT2D eigenvalue weighted by Gasteiger charge is 2.08. The normalized spacial score (nSPS) is 11.0. The van der Waals surface area contributed by atoms with E-state index in [0.717, 1.165) is 16.6 Å². The van der Waals surface area contributed by atoms with Crippen molar-refractivity contribution in [2.45, 2.75) is 13.5 Å². The van der Waals surface area contributed by atoms with E-state index in [0.29, 0.717) is 23.1 Å². The quantitative estimate of drug-likeness (QED) is 0.789. The molecule has 0 atom stereocenters. The lowest BCUT2D eigenvalue weighted by molar-refractivity contribution is 0.249. The Kier molecular flexibility index (Phi) is 2.68. The van der Waals surface area contributed by atoms with E-state index >= 15 is 0 Å². The molecule has 3 rings (SSSR count). The second-order valence-corrected chi connectivity index (χ2v) is 4.37. The van der Waals surface area contributed by atoms with Gasteiger partial charge in [-0.2, -0.15) is 5.10 Å². The van der Waals surface area contributed by atoms with Gasteiger partial charge in [-0.05, 0) is 13.0 Å². The molecular weight excluding hydrogens is 254 g/mol. The fraction of sp³-hybridized carbons (Fsp3) is 0.167. The van der Waals surface area contributed by atoms with E-state index in [-0.39, 0.29) is 0 Å². The average Bonchev–Trinajstić information content (AvgIpc) is 2.94. The van der Waals surface area contributed by atoms with Crippen LogP contribution in [0.2, 0.25) is 5.02 Å². The highest BCUT2D eigenvalue weighted by molar-refractivity contribution is 6.32. The van der Waals surface area contributed by atoms with Gasteiger partial charge in [0.2, 0.25) is 0 Å². The SMILES string of the molecule is Cc1cc(COc2cc3[nH]ncc3cc2Cl)on1. The van der Waals surface area contributed by atoms with Crippen LogP contribution in [0.4, 0.5) is 0 Å². The minimum absolute atomic E-state index is 0.292. The first-order valence-corrected chi connectivity index (χ1v) is 5.78. The van der Waals surface area contributed by atoms with Gasteiger partial charge in [0.1, 0.15) is 12.4 Å². The predicted octanol–water partition coefficient (Wildman–Crippen LogP) is 3.09. The van der Waals surface area contributed by atoms with Crippen LogP contribution < -0.4 is 4.74 Å². The Morgan fingerprint density at radius 2 is 2.28 bits per heavy atom. The van der Waals surface area contributed by atoms with Crippen molar-refractivity contribution in [3.8, 4) is 5.75 Å². The van der Waals surface area contributed by atoms with Gasteiger partial charge >= 0.3 is 0 Å². The molecule has 0 unspecified atom stereocenters. The van der Waals surface area contributed by atoms with Crippen molar-refractivity contribution in [1.29, 1.82) is 0 Å². The third kappa shape index (κ3) is 2.04.